The monoisotopic (exact) mass is 325 g/mol. The summed E-state index contributed by atoms with van der Waals surface area (Å²) in [6, 6.07) is 8.18. The van der Waals surface area contributed by atoms with Crippen molar-refractivity contribution in [2.75, 3.05) is 19.7 Å². The van der Waals surface area contributed by atoms with E-state index in [1.54, 1.807) is 0 Å². The maximum absolute atomic E-state index is 12.3. The summed E-state index contributed by atoms with van der Waals surface area (Å²) in [7, 11) is 0. The third kappa shape index (κ3) is 5.62. The summed E-state index contributed by atoms with van der Waals surface area (Å²) in [6.45, 7) is 7.09. The van der Waals surface area contributed by atoms with E-state index in [4.69, 9.17) is 4.74 Å². The number of ketones is 1. The smallest absolute Gasteiger partial charge is 0.164 e. The largest absolute Gasteiger partial charge is 0.494 e. The minimum atomic E-state index is 0. The number of nitrogens with zero attached hydrogens (tertiary/aromatic N) is 1. The van der Waals surface area contributed by atoms with Crippen LogP contribution in [0.3, 0.4) is 0 Å². The van der Waals surface area contributed by atoms with Crippen LogP contribution in [0.15, 0.2) is 24.3 Å². The van der Waals surface area contributed by atoms with Crippen LogP contribution in [0.5, 0.6) is 5.75 Å². The minimum absolute atomic E-state index is 0. The van der Waals surface area contributed by atoms with Gasteiger partial charge in [0.05, 0.1) is 6.61 Å². The molecule has 1 saturated heterocycles. The molecular weight excluding hydrogens is 298 g/mol. The average Bonchev–Trinajstić information content (AvgIpc) is 2.52. The van der Waals surface area contributed by atoms with Crippen LogP contribution in [0, 0.1) is 0 Å². The fourth-order valence-electron chi connectivity index (χ4n) is 2.84. The highest BCUT2D eigenvalue weighted by Gasteiger charge is 2.18. The zero-order valence-corrected chi connectivity index (χ0v) is 14.5. The second kappa shape index (κ2) is 9.86. The molecule has 0 radical (unpaired) electrons. The summed E-state index contributed by atoms with van der Waals surface area (Å²) in [6.07, 6.45) is 5.46. The lowest BCUT2D eigenvalue weighted by atomic mass is 10.0. The van der Waals surface area contributed by atoms with Crippen LogP contribution in [0.4, 0.5) is 0 Å². The van der Waals surface area contributed by atoms with Crippen LogP contribution >= 0.6 is 12.4 Å². The van der Waals surface area contributed by atoms with Gasteiger partial charge in [-0.2, -0.15) is 0 Å². The number of hydrogen-bond donors (Lipinski definition) is 0. The molecule has 124 valence electrons. The van der Waals surface area contributed by atoms with Gasteiger partial charge in [0.15, 0.2) is 5.78 Å². The first-order valence-corrected chi connectivity index (χ1v) is 8.21. The van der Waals surface area contributed by atoms with E-state index in [0.717, 1.165) is 37.4 Å². The molecule has 0 N–H and O–H groups in total. The molecule has 0 saturated carbocycles. The Morgan fingerprint density at radius 3 is 2.64 bits per heavy atom. The van der Waals surface area contributed by atoms with E-state index in [2.05, 4.69) is 18.7 Å². The standard InChI is InChI=1S/C18H27NO2.ClH/c1-3-14-21-17-9-7-16(8-10-17)18(20)11-13-19-12-5-4-6-15(19)2;/h7-10,15H,3-6,11-14H2,1-2H3;1H. The Morgan fingerprint density at radius 2 is 2.00 bits per heavy atom. The zero-order chi connectivity index (χ0) is 15.1. The van der Waals surface area contributed by atoms with Crippen molar-refractivity contribution in [2.24, 2.45) is 0 Å². The number of benzene rings is 1. The zero-order valence-electron chi connectivity index (χ0n) is 13.7. The SMILES string of the molecule is CCCOc1ccc(C(=O)CCN2CCCCC2C)cc1.Cl. The average molecular weight is 326 g/mol. The van der Waals surface area contributed by atoms with Gasteiger partial charge >= 0.3 is 0 Å². The highest BCUT2D eigenvalue weighted by Crippen LogP contribution is 2.18. The molecule has 1 heterocycles. The number of carbonyl (C=O) groups excluding carboxylic acids is 1. The molecule has 2 rings (SSSR count). The van der Waals surface area contributed by atoms with E-state index in [9.17, 15) is 4.79 Å². The molecule has 4 heteroatoms. The third-order valence-corrected chi connectivity index (χ3v) is 4.22. The summed E-state index contributed by atoms with van der Waals surface area (Å²) in [5, 5.41) is 0. The number of Topliss-reactive ketones (excluding diaryl/α,β-unsaturated/α-hetero) is 1. The number of ether oxygens (including phenoxy) is 1. The van der Waals surface area contributed by atoms with Gasteiger partial charge in [-0.05, 0) is 57.0 Å². The number of halogens is 1. The summed E-state index contributed by atoms with van der Waals surface area (Å²) in [5.41, 5.74) is 0.795. The number of rotatable bonds is 7. The van der Waals surface area contributed by atoms with E-state index in [1.165, 1.54) is 19.3 Å². The first-order valence-electron chi connectivity index (χ1n) is 8.21. The molecule has 0 bridgehead atoms. The summed E-state index contributed by atoms with van der Waals surface area (Å²) in [4.78, 5) is 14.7. The number of carbonyl (C=O) groups is 1. The van der Waals surface area contributed by atoms with Crippen molar-refractivity contribution in [1.29, 1.82) is 0 Å². The lowest BCUT2D eigenvalue weighted by molar-refractivity contribution is 0.0935. The number of hydrogen-bond acceptors (Lipinski definition) is 3. The van der Waals surface area contributed by atoms with Crippen molar-refractivity contribution in [1.82, 2.24) is 4.90 Å². The highest BCUT2D eigenvalue weighted by molar-refractivity contribution is 5.96. The van der Waals surface area contributed by atoms with Crippen LogP contribution in [0.25, 0.3) is 0 Å². The molecule has 1 aliphatic rings. The van der Waals surface area contributed by atoms with E-state index in [1.807, 2.05) is 24.3 Å². The van der Waals surface area contributed by atoms with Crippen LogP contribution in [-0.4, -0.2) is 36.4 Å². The molecule has 3 nitrogen and oxygen atoms in total. The molecule has 0 aliphatic carbocycles. The Kier molecular flexibility index (Phi) is 8.51. The quantitative estimate of drug-likeness (QED) is 0.698. The second-order valence-electron chi connectivity index (χ2n) is 5.93. The first kappa shape index (κ1) is 19.0. The van der Waals surface area contributed by atoms with Gasteiger partial charge in [0.1, 0.15) is 5.75 Å². The van der Waals surface area contributed by atoms with Crippen LogP contribution in [-0.2, 0) is 0 Å². The third-order valence-electron chi connectivity index (χ3n) is 4.22. The molecule has 22 heavy (non-hydrogen) atoms. The Labute approximate surface area is 140 Å². The lowest BCUT2D eigenvalue weighted by Crippen LogP contribution is -2.38. The van der Waals surface area contributed by atoms with Gasteiger partial charge in [0, 0.05) is 24.6 Å². The van der Waals surface area contributed by atoms with Gasteiger partial charge in [-0.15, -0.1) is 12.4 Å². The Balaban J connectivity index is 0.00000242. The molecule has 1 fully saturated rings. The van der Waals surface area contributed by atoms with Gasteiger partial charge < -0.3 is 9.64 Å². The van der Waals surface area contributed by atoms with E-state index < -0.39 is 0 Å². The summed E-state index contributed by atoms with van der Waals surface area (Å²) < 4.78 is 5.54. The van der Waals surface area contributed by atoms with Gasteiger partial charge in [-0.1, -0.05) is 13.3 Å². The molecule has 0 amide bonds. The number of piperidine rings is 1. The van der Waals surface area contributed by atoms with Crippen molar-refractivity contribution >= 4 is 18.2 Å². The molecule has 1 aromatic rings. The predicted octanol–water partition coefficient (Wildman–Crippen LogP) is 4.34. The maximum atomic E-state index is 12.3. The normalized spacial score (nSPS) is 18.5. The summed E-state index contributed by atoms with van der Waals surface area (Å²) in [5.74, 6) is 1.08. The van der Waals surface area contributed by atoms with Crippen LogP contribution in [0.1, 0.15) is 56.3 Å². The predicted molar refractivity (Wildman–Crippen MR) is 93.3 cm³/mol. The fourth-order valence-corrected chi connectivity index (χ4v) is 2.84. The van der Waals surface area contributed by atoms with Gasteiger partial charge in [-0.25, -0.2) is 0 Å². The Hall–Kier alpha value is -1.06. The minimum Gasteiger partial charge on any atom is -0.494 e. The Morgan fingerprint density at radius 1 is 1.27 bits per heavy atom. The fraction of sp³-hybridized carbons (Fsp3) is 0.611. The second-order valence-corrected chi connectivity index (χ2v) is 5.93. The molecule has 1 aromatic carbocycles. The number of likely N-dealkylation sites (tertiary alicyclic amines) is 1. The van der Waals surface area contributed by atoms with Crippen molar-refractivity contribution in [2.45, 2.75) is 52.0 Å². The van der Waals surface area contributed by atoms with Crippen molar-refractivity contribution in [3.63, 3.8) is 0 Å². The van der Waals surface area contributed by atoms with Gasteiger partial charge in [0.25, 0.3) is 0 Å². The lowest BCUT2D eigenvalue weighted by Gasteiger charge is -2.33. The molecule has 1 unspecified atom stereocenters. The van der Waals surface area contributed by atoms with Crippen LogP contribution in [0.2, 0.25) is 0 Å². The molecule has 0 spiro atoms. The van der Waals surface area contributed by atoms with E-state index >= 15 is 0 Å². The molecule has 1 atom stereocenters. The van der Waals surface area contributed by atoms with Crippen molar-refractivity contribution < 1.29 is 9.53 Å². The maximum Gasteiger partial charge on any atom is 0.164 e. The summed E-state index contributed by atoms with van der Waals surface area (Å²) >= 11 is 0. The van der Waals surface area contributed by atoms with Gasteiger partial charge in [-0.3, -0.25) is 4.79 Å². The Bertz CT molecular complexity index is 447. The molecular formula is C18H28ClNO2. The highest BCUT2D eigenvalue weighted by atomic mass is 35.5. The van der Waals surface area contributed by atoms with Gasteiger partial charge in [0.2, 0.25) is 0 Å². The van der Waals surface area contributed by atoms with Crippen molar-refractivity contribution in [3.05, 3.63) is 29.8 Å². The molecule has 1 aliphatic heterocycles. The first-order chi connectivity index (χ1) is 10.2. The van der Waals surface area contributed by atoms with E-state index in [-0.39, 0.29) is 18.2 Å². The van der Waals surface area contributed by atoms with E-state index in [0.29, 0.717) is 12.5 Å². The topological polar surface area (TPSA) is 29.5 Å². The molecule has 0 aromatic heterocycles. The van der Waals surface area contributed by atoms with Crippen molar-refractivity contribution in [3.8, 4) is 5.75 Å². The van der Waals surface area contributed by atoms with Crippen LogP contribution < -0.4 is 4.74 Å².